The van der Waals surface area contributed by atoms with Crippen LogP contribution >= 0.6 is 0 Å². The zero-order valence-electron chi connectivity index (χ0n) is 13.8. The van der Waals surface area contributed by atoms with Gasteiger partial charge in [0.15, 0.2) is 5.82 Å². The number of ether oxygens (including phenoxy) is 2. The second-order valence-corrected chi connectivity index (χ2v) is 5.61. The smallest absolute Gasteiger partial charge is 0.317 e. The molecular weight excluding hydrogens is 310 g/mol. The van der Waals surface area contributed by atoms with Crippen LogP contribution in [0.2, 0.25) is 0 Å². The number of aromatic nitrogens is 3. The van der Waals surface area contributed by atoms with Gasteiger partial charge in [-0.1, -0.05) is 12.1 Å². The summed E-state index contributed by atoms with van der Waals surface area (Å²) in [6.45, 7) is 1.96. The molecule has 0 bridgehead atoms. The molecule has 1 N–H and O–H groups in total. The van der Waals surface area contributed by atoms with E-state index >= 15 is 0 Å². The number of rotatable bonds is 4. The Labute approximate surface area is 140 Å². The van der Waals surface area contributed by atoms with E-state index < -0.39 is 0 Å². The highest BCUT2D eigenvalue weighted by Gasteiger charge is 2.28. The summed E-state index contributed by atoms with van der Waals surface area (Å²) in [5.74, 6) is 1.52. The number of nitrogens with zero attached hydrogens (tertiary/aromatic N) is 4. The van der Waals surface area contributed by atoms with Gasteiger partial charge in [0, 0.05) is 20.1 Å². The van der Waals surface area contributed by atoms with Gasteiger partial charge in [0.2, 0.25) is 0 Å². The number of hydrogen-bond acceptors (Lipinski definition) is 5. The minimum atomic E-state index is -0.252. The third-order valence-electron chi connectivity index (χ3n) is 3.99. The topological polar surface area (TPSA) is 81.5 Å². The van der Waals surface area contributed by atoms with Crippen molar-refractivity contribution < 1.29 is 14.3 Å². The Balaban J connectivity index is 1.55. The van der Waals surface area contributed by atoms with E-state index in [1.54, 1.807) is 18.3 Å². The first-order valence-corrected chi connectivity index (χ1v) is 7.78. The van der Waals surface area contributed by atoms with Crippen molar-refractivity contribution in [3.63, 3.8) is 0 Å². The molecule has 1 aromatic heterocycles. The standard InChI is InChI=1S/C16H21N5O3/c1-20-11-18-19-15(20)14-10-21(7-8-24-14)16(22)17-9-12-3-5-13(23-2)6-4-12/h3-6,11,14H,7-10H2,1-2H3,(H,17,22)/t14-/m0/s1. The molecule has 2 amide bonds. The fourth-order valence-corrected chi connectivity index (χ4v) is 2.61. The average molecular weight is 331 g/mol. The van der Waals surface area contributed by atoms with Crippen molar-refractivity contribution in [1.82, 2.24) is 25.0 Å². The molecule has 0 unspecified atom stereocenters. The fraction of sp³-hybridized carbons (Fsp3) is 0.438. The van der Waals surface area contributed by atoms with Crippen LogP contribution in [0.1, 0.15) is 17.5 Å². The molecule has 1 saturated heterocycles. The second kappa shape index (κ2) is 7.31. The van der Waals surface area contributed by atoms with Gasteiger partial charge >= 0.3 is 6.03 Å². The van der Waals surface area contributed by atoms with Crippen LogP contribution in [0.15, 0.2) is 30.6 Å². The van der Waals surface area contributed by atoms with E-state index in [9.17, 15) is 4.79 Å². The molecule has 1 aromatic carbocycles. The molecule has 1 fully saturated rings. The number of morpholine rings is 1. The van der Waals surface area contributed by atoms with Crippen molar-refractivity contribution in [3.8, 4) is 5.75 Å². The Morgan fingerprint density at radius 3 is 2.88 bits per heavy atom. The van der Waals surface area contributed by atoms with Gasteiger partial charge in [-0.2, -0.15) is 0 Å². The molecule has 0 saturated carbocycles. The largest absolute Gasteiger partial charge is 0.497 e. The molecule has 128 valence electrons. The van der Waals surface area contributed by atoms with Gasteiger partial charge < -0.3 is 24.3 Å². The SMILES string of the molecule is COc1ccc(CNC(=O)N2CCO[C@H](c3nncn3C)C2)cc1. The number of amides is 2. The lowest BCUT2D eigenvalue weighted by molar-refractivity contribution is -0.0214. The molecular formula is C16H21N5O3. The molecule has 1 aliphatic rings. The van der Waals surface area contributed by atoms with Crippen LogP contribution in [-0.4, -0.2) is 52.5 Å². The van der Waals surface area contributed by atoms with Crippen molar-refractivity contribution in [1.29, 1.82) is 0 Å². The first-order valence-electron chi connectivity index (χ1n) is 7.78. The maximum Gasteiger partial charge on any atom is 0.317 e. The normalized spacial score (nSPS) is 17.6. The lowest BCUT2D eigenvalue weighted by atomic mass is 10.2. The lowest BCUT2D eigenvalue weighted by Crippen LogP contribution is -2.47. The van der Waals surface area contributed by atoms with Crippen LogP contribution in [0.5, 0.6) is 5.75 Å². The Morgan fingerprint density at radius 2 is 2.21 bits per heavy atom. The number of benzene rings is 1. The van der Waals surface area contributed by atoms with Gasteiger partial charge in [0.05, 0.1) is 20.3 Å². The van der Waals surface area contributed by atoms with E-state index in [4.69, 9.17) is 9.47 Å². The van der Waals surface area contributed by atoms with Crippen LogP contribution in [0.3, 0.4) is 0 Å². The number of methoxy groups -OCH3 is 1. The van der Waals surface area contributed by atoms with Crippen molar-refractivity contribution in [3.05, 3.63) is 42.0 Å². The first kappa shape index (κ1) is 16.3. The van der Waals surface area contributed by atoms with Gasteiger partial charge in [-0.15, -0.1) is 10.2 Å². The lowest BCUT2D eigenvalue weighted by Gasteiger charge is -2.32. The van der Waals surface area contributed by atoms with Crippen molar-refractivity contribution in [2.75, 3.05) is 26.8 Å². The van der Waals surface area contributed by atoms with E-state index in [0.717, 1.165) is 17.1 Å². The van der Waals surface area contributed by atoms with E-state index in [1.165, 1.54) is 0 Å². The van der Waals surface area contributed by atoms with Gasteiger partial charge in [-0.25, -0.2) is 4.79 Å². The van der Waals surface area contributed by atoms with E-state index in [0.29, 0.717) is 26.2 Å². The Kier molecular flexibility index (Phi) is 4.95. The summed E-state index contributed by atoms with van der Waals surface area (Å²) in [6, 6.07) is 7.50. The van der Waals surface area contributed by atoms with Crippen LogP contribution in [0, 0.1) is 0 Å². The third-order valence-corrected chi connectivity index (χ3v) is 3.99. The monoisotopic (exact) mass is 331 g/mol. The summed E-state index contributed by atoms with van der Waals surface area (Å²) >= 11 is 0. The molecule has 8 nitrogen and oxygen atoms in total. The summed E-state index contributed by atoms with van der Waals surface area (Å²) in [5, 5.41) is 10.9. The summed E-state index contributed by atoms with van der Waals surface area (Å²) < 4.78 is 12.6. The number of nitrogens with one attached hydrogen (secondary N) is 1. The summed E-state index contributed by atoms with van der Waals surface area (Å²) in [4.78, 5) is 14.1. The maximum absolute atomic E-state index is 12.4. The zero-order chi connectivity index (χ0) is 16.9. The number of urea groups is 1. The fourth-order valence-electron chi connectivity index (χ4n) is 2.61. The summed E-state index contributed by atoms with van der Waals surface area (Å²) in [5.41, 5.74) is 1.02. The minimum absolute atomic E-state index is 0.110. The molecule has 1 aliphatic heterocycles. The van der Waals surface area contributed by atoms with E-state index in [2.05, 4.69) is 15.5 Å². The molecule has 1 atom stereocenters. The predicted molar refractivity (Wildman–Crippen MR) is 86.5 cm³/mol. The van der Waals surface area contributed by atoms with Crippen molar-refractivity contribution in [2.45, 2.75) is 12.6 Å². The first-order chi connectivity index (χ1) is 11.7. The molecule has 2 heterocycles. The minimum Gasteiger partial charge on any atom is -0.497 e. The van der Waals surface area contributed by atoms with Crippen molar-refractivity contribution >= 4 is 6.03 Å². The molecule has 0 radical (unpaired) electrons. The highest BCUT2D eigenvalue weighted by atomic mass is 16.5. The molecule has 3 rings (SSSR count). The van der Waals surface area contributed by atoms with Gasteiger partial charge in [-0.05, 0) is 17.7 Å². The Morgan fingerprint density at radius 1 is 1.42 bits per heavy atom. The highest BCUT2D eigenvalue weighted by molar-refractivity contribution is 5.74. The van der Waals surface area contributed by atoms with Crippen LogP contribution in [0.25, 0.3) is 0 Å². The van der Waals surface area contributed by atoms with Crippen LogP contribution in [0.4, 0.5) is 4.79 Å². The predicted octanol–water partition coefficient (Wildman–Crippen LogP) is 1.11. The molecule has 0 aliphatic carbocycles. The van der Waals surface area contributed by atoms with E-state index in [1.807, 2.05) is 35.9 Å². The summed E-state index contributed by atoms with van der Waals surface area (Å²) in [7, 11) is 3.49. The average Bonchev–Trinajstić information content (AvgIpc) is 3.06. The quantitative estimate of drug-likeness (QED) is 0.907. The van der Waals surface area contributed by atoms with Crippen LogP contribution < -0.4 is 10.1 Å². The van der Waals surface area contributed by atoms with Crippen molar-refractivity contribution in [2.24, 2.45) is 7.05 Å². The number of hydrogen-bond donors (Lipinski definition) is 1. The zero-order valence-corrected chi connectivity index (χ0v) is 13.8. The van der Waals surface area contributed by atoms with Gasteiger partial charge in [0.25, 0.3) is 0 Å². The van der Waals surface area contributed by atoms with Gasteiger partial charge in [-0.3, -0.25) is 0 Å². The summed E-state index contributed by atoms with van der Waals surface area (Å²) in [6.07, 6.45) is 1.37. The molecule has 24 heavy (non-hydrogen) atoms. The second-order valence-electron chi connectivity index (χ2n) is 5.61. The molecule has 8 heteroatoms. The van der Waals surface area contributed by atoms with Crippen LogP contribution in [-0.2, 0) is 18.3 Å². The number of carbonyl (C=O) groups is 1. The highest BCUT2D eigenvalue weighted by Crippen LogP contribution is 2.19. The van der Waals surface area contributed by atoms with Gasteiger partial charge in [0.1, 0.15) is 18.2 Å². The number of carbonyl (C=O) groups excluding carboxylic acids is 1. The number of aryl methyl sites for hydroxylation is 1. The molecule has 0 spiro atoms. The molecule has 2 aromatic rings. The maximum atomic E-state index is 12.4. The van der Waals surface area contributed by atoms with E-state index in [-0.39, 0.29) is 12.1 Å². The Bertz CT molecular complexity index is 685. The third kappa shape index (κ3) is 3.65. The Hall–Kier alpha value is -2.61.